The summed E-state index contributed by atoms with van der Waals surface area (Å²) in [6.45, 7) is 4.58. The number of hydrogen-bond acceptors (Lipinski definition) is 1. The third-order valence-electron chi connectivity index (χ3n) is 11.9. The zero-order chi connectivity index (χ0) is 34.4. The molecule has 3 nitrogen and oxygen atoms in total. The van der Waals surface area contributed by atoms with Crippen LogP contribution >= 0.6 is 0 Å². The third kappa shape index (κ3) is 3.69. The summed E-state index contributed by atoms with van der Waals surface area (Å²) in [5, 5.41) is 9.93. The monoisotopic (exact) mass is 720 g/mol. The van der Waals surface area contributed by atoms with Crippen molar-refractivity contribution >= 4 is 71.9 Å². The molecule has 4 heteroatoms. The molecule has 2 aliphatic rings. The van der Waals surface area contributed by atoms with Crippen molar-refractivity contribution in [2.24, 2.45) is 0 Å². The Balaban J connectivity index is 1.30. The first-order chi connectivity index (χ1) is 24.7. The molecule has 0 fully saturated rings. The molecule has 6 aromatic carbocycles. The van der Waals surface area contributed by atoms with Crippen molar-refractivity contribution in [3.8, 4) is 22.5 Å². The molecule has 11 rings (SSSR count). The summed E-state index contributed by atoms with van der Waals surface area (Å²) in [6.07, 6.45) is 4.83. The molecule has 2 aliphatic heterocycles. The second-order valence-electron chi connectivity index (χ2n) is 16.0. The van der Waals surface area contributed by atoms with Crippen LogP contribution in [0.4, 0.5) is 0 Å². The van der Waals surface area contributed by atoms with Gasteiger partial charge in [0, 0.05) is 0 Å². The SMILES string of the molecule is CC(C)c1cc[n+]2c(c1)-c1c(ccc3c1oc1cc4c5ccccc5c5ccccc5c4cc13)C21c2ccccc2-c2cc[c]([Ge]([CH3])([CH3])[CH3])c[n+]21. The molecule has 9 aromatic rings. The van der Waals surface area contributed by atoms with Crippen LogP contribution in [0.5, 0.6) is 0 Å². The van der Waals surface area contributed by atoms with E-state index in [4.69, 9.17) is 4.42 Å². The van der Waals surface area contributed by atoms with Gasteiger partial charge in [-0.2, -0.15) is 0 Å². The number of rotatable bonds is 2. The van der Waals surface area contributed by atoms with Gasteiger partial charge in [-0.25, -0.2) is 0 Å². The molecular formula is C47H38GeN2O+2. The molecule has 0 radical (unpaired) electrons. The second kappa shape index (κ2) is 9.95. The molecule has 1 spiro atoms. The van der Waals surface area contributed by atoms with Crippen molar-refractivity contribution in [2.75, 3.05) is 0 Å². The summed E-state index contributed by atoms with van der Waals surface area (Å²) in [5.74, 6) is 7.87. The molecule has 1 unspecified atom stereocenters. The van der Waals surface area contributed by atoms with Gasteiger partial charge < -0.3 is 0 Å². The van der Waals surface area contributed by atoms with Crippen LogP contribution in [0.3, 0.4) is 0 Å². The average molecular weight is 719 g/mol. The van der Waals surface area contributed by atoms with Gasteiger partial charge in [0.2, 0.25) is 0 Å². The molecule has 3 aromatic heterocycles. The van der Waals surface area contributed by atoms with Gasteiger partial charge in [0.15, 0.2) is 0 Å². The van der Waals surface area contributed by atoms with Gasteiger partial charge in [-0.3, -0.25) is 0 Å². The number of nitrogens with zero attached hydrogens (tertiary/aromatic N) is 2. The van der Waals surface area contributed by atoms with E-state index in [1.54, 1.807) is 0 Å². The first kappa shape index (κ1) is 29.5. The molecule has 0 aliphatic carbocycles. The zero-order valence-electron chi connectivity index (χ0n) is 29.6. The van der Waals surface area contributed by atoms with E-state index < -0.39 is 18.9 Å². The number of pyridine rings is 2. The quantitative estimate of drug-likeness (QED) is 0.0990. The number of fused-ring (bicyclic) bond motifs is 20. The Morgan fingerprint density at radius 2 is 1.24 bits per heavy atom. The summed E-state index contributed by atoms with van der Waals surface area (Å²) in [5.41, 5.74) is 10.2. The number of aromatic nitrogens is 2. The Morgan fingerprint density at radius 1 is 0.569 bits per heavy atom. The zero-order valence-corrected chi connectivity index (χ0v) is 31.7. The summed E-state index contributed by atoms with van der Waals surface area (Å²) >= 11 is -2.20. The molecule has 51 heavy (non-hydrogen) atoms. The fraction of sp³-hybridized carbons (Fsp3) is 0.149. The van der Waals surface area contributed by atoms with E-state index in [0.717, 1.165) is 21.9 Å². The number of hydrogen-bond donors (Lipinski definition) is 0. The predicted molar refractivity (Wildman–Crippen MR) is 213 cm³/mol. The van der Waals surface area contributed by atoms with Gasteiger partial charge in [0.05, 0.1) is 0 Å². The van der Waals surface area contributed by atoms with E-state index in [1.807, 2.05) is 0 Å². The topological polar surface area (TPSA) is 20.9 Å². The van der Waals surface area contributed by atoms with Crippen molar-refractivity contribution in [2.45, 2.75) is 42.7 Å². The van der Waals surface area contributed by atoms with Gasteiger partial charge in [-0.05, 0) is 10.8 Å². The number of benzene rings is 6. The maximum atomic E-state index is 7.16. The summed E-state index contributed by atoms with van der Waals surface area (Å²) in [6, 6.07) is 45.6. The van der Waals surface area contributed by atoms with Gasteiger partial charge in [0.1, 0.15) is 0 Å². The molecule has 5 heterocycles. The Morgan fingerprint density at radius 3 is 1.94 bits per heavy atom. The normalized spacial score (nSPS) is 16.2. The molecule has 0 bridgehead atoms. The van der Waals surface area contributed by atoms with Crippen LogP contribution < -0.4 is 13.5 Å². The molecule has 0 saturated carbocycles. The Hall–Kier alpha value is -5.26. The Labute approximate surface area is 299 Å². The van der Waals surface area contributed by atoms with Crippen LogP contribution in [0.15, 0.2) is 138 Å². The molecular weight excluding hydrogens is 681 g/mol. The summed E-state index contributed by atoms with van der Waals surface area (Å²) < 4.78 is 13.8. The van der Waals surface area contributed by atoms with E-state index in [-0.39, 0.29) is 0 Å². The van der Waals surface area contributed by atoms with Crippen LogP contribution in [0.2, 0.25) is 17.3 Å². The first-order valence-corrected chi connectivity index (χ1v) is 25.6. The van der Waals surface area contributed by atoms with Crippen LogP contribution in [0, 0.1) is 0 Å². The van der Waals surface area contributed by atoms with E-state index in [0.29, 0.717) is 5.92 Å². The molecule has 1 atom stereocenters. The van der Waals surface area contributed by atoms with Crippen LogP contribution in [-0.4, -0.2) is 13.3 Å². The van der Waals surface area contributed by atoms with Crippen LogP contribution in [-0.2, 0) is 5.66 Å². The fourth-order valence-electron chi connectivity index (χ4n) is 9.35. The van der Waals surface area contributed by atoms with Crippen LogP contribution in [0.1, 0.15) is 36.5 Å². The van der Waals surface area contributed by atoms with E-state index in [2.05, 4.69) is 174 Å². The van der Waals surface area contributed by atoms with Crippen molar-refractivity contribution in [1.82, 2.24) is 0 Å². The van der Waals surface area contributed by atoms with Crippen molar-refractivity contribution in [3.63, 3.8) is 0 Å². The van der Waals surface area contributed by atoms with E-state index in [1.165, 1.54) is 75.9 Å². The van der Waals surface area contributed by atoms with Crippen molar-refractivity contribution < 1.29 is 13.6 Å². The van der Waals surface area contributed by atoms with Gasteiger partial charge in [-0.15, -0.1) is 0 Å². The predicted octanol–water partition coefficient (Wildman–Crippen LogP) is 10.5. The molecule has 0 N–H and O–H groups in total. The van der Waals surface area contributed by atoms with E-state index >= 15 is 0 Å². The van der Waals surface area contributed by atoms with Gasteiger partial charge >= 0.3 is 242 Å². The average Bonchev–Trinajstić information content (AvgIpc) is 3.76. The minimum absolute atomic E-state index is 0.397. The third-order valence-corrected chi connectivity index (χ3v) is 16.1. The van der Waals surface area contributed by atoms with Crippen molar-refractivity contribution in [1.29, 1.82) is 0 Å². The minimum atomic E-state index is -2.20. The van der Waals surface area contributed by atoms with Crippen LogP contribution in [0.25, 0.3) is 76.8 Å². The van der Waals surface area contributed by atoms with Gasteiger partial charge in [-0.1, -0.05) is 48.5 Å². The van der Waals surface area contributed by atoms with E-state index in [9.17, 15) is 0 Å². The standard InChI is InChI=1S/C47H38GeN2O/c1-28(2)29-22-23-49-43(24-29)45-41(47(49)40-17-11-10-16-36(40)42-21-18-30(27-50(42)47)48(3,4)5)20-19-35-39-25-37-33-14-8-6-12-31(33)32-13-7-9-15-34(32)38(37)26-44(39)51-46(35)45/h6-28H,1-5H3/q+2. The fourth-order valence-corrected chi connectivity index (χ4v) is 11.7. The second-order valence-corrected chi connectivity index (χ2v) is 26.6. The van der Waals surface area contributed by atoms with Gasteiger partial charge in [0.25, 0.3) is 0 Å². The summed E-state index contributed by atoms with van der Waals surface area (Å²) in [7, 11) is 0. The maximum absolute atomic E-state index is 7.16. The van der Waals surface area contributed by atoms with Crippen molar-refractivity contribution in [3.05, 3.63) is 150 Å². The number of furan rings is 1. The summed E-state index contributed by atoms with van der Waals surface area (Å²) in [4.78, 5) is 0. The molecule has 0 amide bonds. The Kier molecular flexibility index (Phi) is 5.75. The molecule has 0 saturated heterocycles. The molecule has 244 valence electrons. The Bertz CT molecular complexity index is 3000. The first-order valence-electron chi connectivity index (χ1n) is 18.2.